The molecule has 0 spiro atoms. The topological polar surface area (TPSA) is 226 Å². The molecular weight excluding hydrogens is 953 g/mol. The molecule has 4 heterocycles. The quantitative estimate of drug-likeness (QED) is 0.0744. The van der Waals surface area contributed by atoms with Crippen molar-refractivity contribution < 1.29 is 41.9 Å². The van der Waals surface area contributed by atoms with E-state index in [1.807, 2.05) is 66.0 Å². The fraction of sp³-hybridized carbons (Fsp3) is 0.346. The van der Waals surface area contributed by atoms with Gasteiger partial charge in [0.05, 0.1) is 17.9 Å². The molecule has 3 aromatic carbocycles. The molecule has 72 heavy (non-hydrogen) atoms. The van der Waals surface area contributed by atoms with E-state index in [9.17, 15) is 41.9 Å². The van der Waals surface area contributed by atoms with E-state index in [2.05, 4.69) is 20.6 Å². The number of likely N-dealkylation sites (N-methyl/N-ethyl adjacent to an activating group) is 2. The molecule has 5 atom stereocenters. The van der Waals surface area contributed by atoms with E-state index in [1.165, 1.54) is 18.1 Å². The number of rotatable bonds is 13. The molecule has 1 aliphatic carbocycles. The van der Waals surface area contributed by atoms with Gasteiger partial charge < -0.3 is 32.3 Å². The van der Waals surface area contributed by atoms with Crippen molar-refractivity contribution in [3.63, 3.8) is 0 Å². The minimum absolute atomic E-state index is 0.0610. The molecule has 1 saturated carbocycles. The Kier molecular flexibility index (Phi) is 16.8. The third kappa shape index (κ3) is 12.1. The maximum absolute atomic E-state index is 14.0. The zero-order valence-electron chi connectivity index (χ0n) is 39.6. The highest BCUT2D eigenvalue weighted by molar-refractivity contribution is 6.30. The Hall–Kier alpha value is -7.54. The van der Waals surface area contributed by atoms with E-state index in [0.717, 1.165) is 28.0 Å². The molecule has 2 aliphatic heterocycles. The van der Waals surface area contributed by atoms with Gasteiger partial charge >= 0.3 is 18.2 Å². The molecule has 3 fully saturated rings. The summed E-state index contributed by atoms with van der Waals surface area (Å²) in [5.74, 6) is -3.97. The van der Waals surface area contributed by atoms with Gasteiger partial charge in [0.1, 0.15) is 29.8 Å². The van der Waals surface area contributed by atoms with Crippen LogP contribution in [0, 0.1) is 17.8 Å². The van der Waals surface area contributed by atoms with Crippen LogP contribution in [0.2, 0.25) is 5.02 Å². The molecule has 2 aromatic heterocycles. The molecule has 0 bridgehead atoms. The molecule has 16 nitrogen and oxygen atoms in total. The van der Waals surface area contributed by atoms with Gasteiger partial charge in [-0.15, -0.1) is 0 Å². The highest BCUT2D eigenvalue weighted by Crippen LogP contribution is 2.38. The normalized spacial score (nSPS) is 19.2. The van der Waals surface area contributed by atoms with Gasteiger partial charge in [0, 0.05) is 36.7 Å². The summed E-state index contributed by atoms with van der Waals surface area (Å²) in [4.78, 5) is 90.0. The number of hydrogen-bond acceptors (Lipinski definition) is 10. The Labute approximate surface area is 419 Å². The number of nitrogens with two attached hydrogens (primary N) is 2. The Bertz CT molecular complexity index is 2690. The molecule has 7 N–H and O–H groups in total. The SMILES string of the molecule is CCNC(=O)[C@@H]1[C@@H](Cc2ccnc(N)c2)C(=O)N1C(=O)NC(c1ccccc1)c1ccccc1.CN(C(=O)[C@@H]1[C@@H](Cc2ccnc(N)c2)C(=O)N1C(=O)N[C@@H](C1CCCCC1)C(F)(F)F)c1ccc(Cl)cc1. The van der Waals surface area contributed by atoms with E-state index in [4.69, 9.17) is 23.1 Å². The number of amides is 8. The third-order valence-electron chi connectivity index (χ3n) is 13.2. The molecule has 20 heteroatoms. The van der Waals surface area contributed by atoms with E-state index < -0.39 is 77.9 Å². The number of nitrogen functional groups attached to an aromatic ring is 2. The van der Waals surface area contributed by atoms with Gasteiger partial charge in [0.15, 0.2) is 0 Å². The minimum Gasteiger partial charge on any atom is -0.384 e. The number of pyridine rings is 2. The first-order valence-electron chi connectivity index (χ1n) is 23.6. The van der Waals surface area contributed by atoms with E-state index in [-0.39, 0.29) is 24.6 Å². The lowest BCUT2D eigenvalue weighted by atomic mass is 9.81. The van der Waals surface area contributed by atoms with E-state index in [0.29, 0.717) is 59.2 Å². The van der Waals surface area contributed by atoms with Crippen molar-refractivity contribution in [2.75, 3.05) is 30.0 Å². The van der Waals surface area contributed by atoms with E-state index in [1.54, 1.807) is 61.7 Å². The van der Waals surface area contributed by atoms with Crippen LogP contribution in [0.3, 0.4) is 0 Å². The maximum atomic E-state index is 14.0. The minimum atomic E-state index is -4.70. The maximum Gasteiger partial charge on any atom is 0.408 e. The second-order valence-electron chi connectivity index (χ2n) is 17.9. The number of halogens is 4. The van der Waals surface area contributed by atoms with Crippen LogP contribution in [0.4, 0.5) is 40.1 Å². The number of carbonyl (C=O) groups is 6. The average Bonchev–Trinajstić information content (AvgIpc) is 3.37. The Morgan fingerprint density at radius 2 is 1.21 bits per heavy atom. The number of alkyl halides is 3. The molecule has 2 saturated heterocycles. The van der Waals surface area contributed by atoms with Gasteiger partial charge in [-0.2, -0.15) is 13.2 Å². The number of benzene rings is 3. The van der Waals surface area contributed by atoms with Crippen molar-refractivity contribution in [2.24, 2.45) is 17.8 Å². The number of carbonyl (C=O) groups excluding carboxylic acids is 6. The van der Waals surface area contributed by atoms with Gasteiger partial charge in [-0.05, 0) is 109 Å². The first-order valence-corrected chi connectivity index (χ1v) is 24.0. The first-order chi connectivity index (χ1) is 34.5. The summed E-state index contributed by atoms with van der Waals surface area (Å²) in [7, 11) is 1.46. The van der Waals surface area contributed by atoms with Gasteiger partial charge in [0.2, 0.25) is 17.7 Å². The van der Waals surface area contributed by atoms with Crippen LogP contribution < -0.4 is 32.3 Å². The summed E-state index contributed by atoms with van der Waals surface area (Å²) in [6.07, 6.45) is 1.44. The smallest absolute Gasteiger partial charge is 0.384 e. The number of aromatic nitrogens is 2. The number of β-lactam (4-membered cyclic amide) rings is 2. The van der Waals surface area contributed by atoms with Gasteiger partial charge in [-0.25, -0.2) is 19.6 Å². The molecule has 8 amide bonds. The van der Waals surface area contributed by atoms with Gasteiger partial charge in [-0.3, -0.25) is 29.0 Å². The lowest BCUT2D eigenvalue weighted by Crippen LogP contribution is -2.71. The molecule has 3 aliphatic rings. The lowest BCUT2D eigenvalue weighted by Gasteiger charge is -2.46. The van der Waals surface area contributed by atoms with Crippen LogP contribution in [0.15, 0.2) is 122 Å². The lowest BCUT2D eigenvalue weighted by molar-refractivity contribution is -0.170. The number of anilines is 3. The third-order valence-corrected chi connectivity index (χ3v) is 13.4. The molecule has 8 rings (SSSR count). The molecule has 0 radical (unpaired) electrons. The largest absolute Gasteiger partial charge is 0.408 e. The van der Waals surface area contributed by atoms with Crippen molar-refractivity contribution >= 4 is 64.6 Å². The second kappa shape index (κ2) is 23.1. The standard InChI is InChI=1S/C26H29ClF3N5O3.C26H27N5O3/c1-34(18-9-7-17(27)8-10-18)24(37)21-19(13-15-11-12-32-20(31)14-15)23(36)35(21)25(38)33-22(26(28,29)30)16-5-3-2-4-6-16;1-2-28-24(32)23-20(15-17-13-14-29-21(27)16-17)25(33)31(23)26(34)30-22(18-9-5-3-6-10-18)19-11-7-4-8-12-19/h7-12,14,16,19,21-22H,2-6,13H2,1H3,(H2,31,32)(H,33,38);3-14,16,20,22-23H,2,15H2,1H3,(H2,27,29)(H,28,32)(H,30,34)/t19-,21+,22+;20-,23+/m11/s1. The Morgan fingerprint density at radius 1 is 0.722 bits per heavy atom. The number of urea groups is 2. The number of imide groups is 2. The zero-order chi connectivity index (χ0) is 51.7. The summed E-state index contributed by atoms with van der Waals surface area (Å²) in [6, 6.07) is 25.3. The monoisotopic (exact) mass is 1010 g/mol. The highest BCUT2D eigenvalue weighted by Gasteiger charge is 2.57. The van der Waals surface area contributed by atoms with Crippen LogP contribution in [0.25, 0.3) is 0 Å². The number of nitrogens with one attached hydrogen (secondary N) is 3. The van der Waals surface area contributed by atoms with Crippen LogP contribution in [0.1, 0.15) is 67.3 Å². The number of nitrogens with zero attached hydrogens (tertiary/aromatic N) is 5. The second-order valence-corrected chi connectivity index (χ2v) is 18.4. The predicted octanol–water partition coefficient (Wildman–Crippen LogP) is 7.24. The summed E-state index contributed by atoms with van der Waals surface area (Å²) < 4.78 is 41.9. The summed E-state index contributed by atoms with van der Waals surface area (Å²) >= 11 is 5.94. The summed E-state index contributed by atoms with van der Waals surface area (Å²) in [6.45, 7) is 2.19. The Morgan fingerprint density at radius 3 is 1.69 bits per heavy atom. The molecular formula is C52H56ClF3N10O6. The summed E-state index contributed by atoms with van der Waals surface area (Å²) in [5, 5.41) is 8.20. The molecule has 5 aromatic rings. The van der Waals surface area contributed by atoms with Gasteiger partial charge in [-0.1, -0.05) is 91.5 Å². The van der Waals surface area contributed by atoms with Crippen molar-refractivity contribution in [1.82, 2.24) is 35.7 Å². The van der Waals surface area contributed by atoms with Crippen molar-refractivity contribution in [1.29, 1.82) is 0 Å². The van der Waals surface area contributed by atoms with Crippen molar-refractivity contribution in [3.8, 4) is 0 Å². The molecule has 0 unspecified atom stereocenters. The zero-order valence-corrected chi connectivity index (χ0v) is 40.4. The Balaban J connectivity index is 0.000000213. The first kappa shape index (κ1) is 52.3. The van der Waals surface area contributed by atoms with Crippen LogP contribution in [-0.2, 0) is 32.0 Å². The number of likely N-dealkylation sites (tertiary alicyclic amines) is 2. The van der Waals surface area contributed by atoms with Crippen LogP contribution in [0.5, 0.6) is 0 Å². The highest BCUT2D eigenvalue weighted by atomic mass is 35.5. The molecule has 378 valence electrons. The fourth-order valence-corrected chi connectivity index (χ4v) is 9.66. The van der Waals surface area contributed by atoms with Crippen molar-refractivity contribution in [3.05, 3.63) is 149 Å². The van der Waals surface area contributed by atoms with Crippen LogP contribution in [-0.4, -0.2) is 93.4 Å². The fourth-order valence-electron chi connectivity index (χ4n) is 9.53. The summed E-state index contributed by atoms with van der Waals surface area (Å²) in [5.41, 5.74) is 15.1. The predicted molar refractivity (Wildman–Crippen MR) is 265 cm³/mol. The van der Waals surface area contributed by atoms with Crippen LogP contribution >= 0.6 is 11.6 Å². The van der Waals surface area contributed by atoms with Crippen molar-refractivity contribution in [2.45, 2.75) is 82.2 Å². The average molecular weight is 1010 g/mol. The van der Waals surface area contributed by atoms with Gasteiger partial charge in [0.25, 0.3) is 5.91 Å². The number of hydrogen-bond donors (Lipinski definition) is 5. The van der Waals surface area contributed by atoms with E-state index >= 15 is 0 Å².